The number of anilines is 1. The summed E-state index contributed by atoms with van der Waals surface area (Å²) in [4.78, 5) is 36.8. The van der Waals surface area contributed by atoms with E-state index in [4.69, 9.17) is 26.8 Å². The Hall–Kier alpha value is -3.09. The Bertz CT molecular complexity index is 1310. The van der Waals surface area contributed by atoms with Crippen molar-refractivity contribution in [3.8, 4) is 5.75 Å². The fourth-order valence-corrected chi connectivity index (χ4v) is 5.57. The molecule has 3 N–H and O–H groups in total. The van der Waals surface area contributed by atoms with Gasteiger partial charge in [-0.25, -0.2) is 4.79 Å². The van der Waals surface area contributed by atoms with Gasteiger partial charge in [0.15, 0.2) is 17.1 Å². The third-order valence-electron chi connectivity index (χ3n) is 5.21. The molecular weight excluding hydrogens is 526 g/mol. The highest BCUT2D eigenvalue weighted by molar-refractivity contribution is 7.99. The van der Waals surface area contributed by atoms with Crippen LogP contribution in [0, 0.1) is 13.8 Å². The minimum atomic E-state index is -0.689. The number of benzene rings is 1. The number of nitrogens with one attached hydrogen (secondary N) is 1. The van der Waals surface area contributed by atoms with Gasteiger partial charge in [0, 0.05) is 11.6 Å². The molecular formula is C23H26ClN5O5S2. The maximum absolute atomic E-state index is 12.7. The number of esters is 1. The van der Waals surface area contributed by atoms with Gasteiger partial charge < -0.3 is 25.1 Å². The SMILES string of the molecule is CCn1c(SCC(=O)Nc2sc(C(N)=O)c(C)c2C(=O)OC)nnc1C(C)Oc1ccc(Cl)cc1C. The second kappa shape index (κ2) is 11.8. The van der Waals surface area contributed by atoms with E-state index in [1.165, 1.54) is 18.9 Å². The summed E-state index contributed by atoms with van der Waals surface area (Å²) in [6, 6.07) is 5.38. The number of thioether (sulfide) groups is 1. The van der Waals surface area contributed by atoms with Crippen LogP contribution < -0.4 is 15.8 Å². The highest BCUT2D eigenvalue weighted by Gasteiger charge is 2.26. The number of methoxy groups -OCH3 is 1. The van der Waals surface area contributed by atoms with E-state index >= 15 is 0 Å². The number of ether oxygens (including phenoxy) is 2. The Morgan fingerprint density at radius 3 is 2.61 bits per heavy atom. The second-order valence-corrected chi connectivity index (χ2v) is 10.1. The van der Waals surface area contributed by atoms with E-state index in [2.05, 4.69) is 15.5 Å². The molecule has 1 atom stereocenters. The predicted molar refractivity (Wildman–Crippen MR) is 139 cm³/mol. The van der Waals surface area contributed by atoms with E-state index < -0.39 is 23.9 Å². The highest BCUT2D eigenvalue weighted by atomic mass is 35.5. The number of halogens is 1. The smallest absolute Gasteiger partial charge is 0.341 e. The molecule has 2 amide bonds. The summed E-state index contributed by atoms with van der Waals surface area (Å²) in [6.07, 6.45) is -0.399. The maximum atomic E-state index is 12.7. The fraction of sp³-hybridized carbons (Fsp3) is 0.348. The van der Waals surface area contributed by atoms with Crippen LogP contribution >= 0.6 is 34.7 Å². The zero-order valence-electron chi connectivity index (χ0n) is 20.4. The molecule has 13 heteroatoms. The molecule has 0 aliphatic carbocycles. The van der Waals surface area contributed by atoms with Gasteiger partial charge in [0.25, 0.3) is 5.91 Å². The topological polar surface area (TPSA) is 138 Å². The first-order chi connectivity index (χ1) is 17.1. The van der Waals surface area contributed by atoms with E-state index in [-0.39, 0.29) is 21.2 Å². The van der Waals surface area contributed by atoms with Crippen LogP contribution in [0.15, 0.2) is 23.4 Å². The lowest BCUT2D eigenvalue weighted by Crippen LogP contribution is -2.17. The van der Waals surface area contributed by atoms with E-state index in [1.54, 1.807) is 19.1 Å². The quantitative estimate of drug-likeness (QED) is 0.279. The zero-order chi connectivity index (χ0) is 26.6. The lowest BCUT2D eigenvalue weighted by Gasteiger charge is -2.17. The minimum absolute atomic E-state index is 0.00682. The Labute approximate surface area is 221 Å². The van der Waals surface area contributed by atoms with Crippen LogP contribution in [-0.4, -0.2) is 45.4 Å². The third-order valence-corrected chi connectivity index (χ3v) is 7.64. The molecule has 3 aromatic rings. The molecule has 2 aromatic heterocycles. The molecule has 10 nitrogen and oxygen atoms in total. The summed E-state index contributed by atoms with van der Waals surface area (Å²) in [6.45, 7) is 7.87. The van der Waals surface area contributed by atoms with Crippen molar-refractivity contribution in [2.75, 3.05) is 18.2 Å². The molecule has 192 valence electrons. The lowest BCUT2D eigenvalue weighted by atomic mass is 10.1. The number of carbonyl (C=O) groups excluding carboxylic acids is 3. The maximum Gasteiger partial charge on any atom is 0.341 e. The number of aryl methyl sites for hydroxylation is 1. The normalized spacial score (nSPS) is 11.7. The van der Waals surface area contributed by atoms with E-state index in [1.807, 2.05) is 31.4 Å². The molecule has 1 unspecified atom stereocenters. The molecule has 0 saturated heterocycles. The number of hydrogen-bond donors (Lipinski definition) is 2. The molecule has 0 aliphatic rings. The van der Waals surface area contributed by atoms with Gasteiger partial charge in [-0.2, -0.15) is 0 Å². The van der Waals surface area contributed by atoms with Crippen molar-refractivity contribution in [2.24, 2.45) is 5.73 Å². The van der Waals surface area contributed by atoms with Gasteiger partial charge in [0.05, 0.1) is 23.3 Å². The van der Waals surface area contributed by atoms with Crippen molar-refractivity contribution < 1.29 is 23.9 Å². The fourth-order valence-electron chi connectivity index (χ4n) is 3.47. The average Bonchev–Trinajstić information content (AvgIpc) is 3.39. The first-order valence-electron chi connectivity index (χ1n) is 10.9. The first-order valence-corrected chi connectivity index (χ1v) is 13.0. The molecule has 36 heavy (non-hydrogen) atoms. The Morgan fingerprint density at radius 1 is 1.28 bits per heavy atom. The van der Waals surface area contributed by atoms with Crippen LogP contribution in [0.3, 0.4) is 0 Å². The first kappa shape index (κ1) is 27.5. The van der Waals surface area contributed by atoms with Crippen LogP contribution in [0.1, 0.15) is 56.9 Å². The Kier molecular flexibility index (Phi) is 8.98. The monoisotopic (exact) mass is 551 g/mol. The minimum Gasteiger partial charge on any atom is -0.482 e. The summed E-state index contributed by atoms with van der Waals surface area (Å²) in [5, 5.41) is 12.6. The number of nitrogens with zero attached hydrogens (tertiary/aromatic N) is 3. The number of amides is 2. The predicted octanol–water partition coefficient (Wildman–Crippen LogP) is 4.39. The number of hydrogen-bond acceptors (Lipinski definition) is 9. The van der Waals surface area contributed by atoms with Crippen molar-refractivity contribution in [1.82, 2.24) is 14.8 Å². The van der Waals surface area contributed by atoms with Crippen LogP contribution in [0.25, 0.3) is 0 Å². The summed E-state index contributed by atoms with van der Waals surface area (Å²) in [5.41, 5.74) is 6.77. The number of thiophene rings is 1. The van der Waals surface area contributed by atoms with Crippen molar-refractivity contribution in [3.05, 3.63) is 50.6 Å². The van der Waals surface area contributed by atoms with Crippen LogP contribution in [-0.2, 0) is 16.1 Å². The van der Waals surface area contributed by atoms with Crippen molar-refractivity contribution >= 4 is 57.5 Å². The number of aromatic nitrogens is 3. The molecule has 0 fully saturated rings. The third kappa shape index (κ3) is 6.00. The van der Waals surface area contributed by atoms with Gasteiger partial charge in [-0.05, 0) is 57.0 Å². The van der Waals surface area contributed by atoms with E-state index in [0.717, 1.165) is 16.9 Å². The van der Waals surface area contributed by atoms with Crippen LogP contribution in [0.5, 0.6) is 5.75 Å². The van der Waals surface area contributed by atoms with Gasteiger partial charge in [0.1, 0.15) is 10.8 Å². The summed E-state index contributed by atoms with van der Waals surface area (Å²) >= 11 is 8.15. The summed E-state index contributed by atoms with van der Waals surface area (Å²) in [7, 11) is 1.22. The molecule has 2 heterocycles. The molecule has 1 aromatic carbocycles. The standard InChI is InChI=1S/C23H26ClN5O5S2/c1-6-29-20(13(4)34-15-8-7-14(24)9-11(15)2)27-28-23(29)35-10-16(30)26-21-17(22(32)33-5)12(3)18(36-21)19(25)31/h7-9,13H,6,10H2,1-5H3,(H2,25,31)(H,26,30). The Morgan fingerprint density at radius 2 is 2.00 bits per heavy atom. The van der Waals surface area contributed by atoms with E-state index in [9.17, 15) is 14.4 Å². The highest BCUT2D eigenvalue weighted by Crippen LogP contribution is 2.34. The summed E-state index contributed by atoms with van der Waals surface area (Å²) < 4.78 is 12.7. The van der Waals surface area contributed by atoms with E-state index in [0.29, 0.717) is 33.9 Å². The molecule has 3 rings (SSSR count). The van der Waals surface area contributed by atoms with Crippen LogP contribution in [0.4, 0.5) is 5.00 Å². The van der Waals surface area contributed by atoms with Gasteiger partial charge in [-0.3, -0.25) is 9.59 Å². The second-order valence-electron chi connectivity index (χ2n) is 7.71. The van der Waals surface area contributed by atoms with Gasteiger partial charge >= 0.3 is 5.97 Å². The number of rotatable bonds is 10. The lowest BCUT2D eigenvalue weighted by molar-refractivity contribution is -0.113. The van der Waals surface area contributed by atoms with Crippen molar-refractivity contribution in [3.63, 3.8) is 0 Å². The largest absolute Gasteiger partial charge is 0.482 e. The zero-order valence-corrected chi connectivity index (χ0v) is 22.8. The van der Waals surface area contributed by atoms with Crippen molar-refractivity contribution in [1.29, 1.82) is 0 Å². The molecule has 0 aliphatic heterocycles. The molecule has 0 radical (unpaired) electrons. The van der Waals surface area contributed by atoms with Gasteiger partial charge in [-0.15, -0.1) is 21.5 Å². The average molecular weight is 552 g/mol. The number of nitrogens with two attached hydrogens (primary N) is 1. The van der Waals surface area contributed by atoms with Gasteiger partial charge in [0.2, 0.25) is 5.91 Å². The molecule has 0 saturated carbocycles. The van der Waals surface area contributed by atoms with Crippen molar-refractivity contribution in [2.45, 2.75) is 45.5 Å². The molecule has 0 bridgehead atoms. The van der Waals surface area contributed by atoms with Crippen LogP contribution in [0.2, 0.25) is 5.02 Å². The number of primary amides is 1. The van der Waals surface area contributed by atoms with Gasteiger partial charge in [-0.1, -0.05) is 23.4 Å². The number of carbonyl (C=O) groups is 3. The Balaban J connectivity index is 1.72. The summed E-state index contributed by atoms with van der Waals surface area (Å²) in [5.74, 6) is -0.453. The molecule has 0 spiro atoms.